The smallest absolute Gasteiger partial charge is 0.163 e. The van der Waals surface area contributed by atoms with Crippen molar-refractivity contribution in [2.24, 2.45) is 0 Å². The van der Waals surface area contributed by atoms with Crippen LogP contribution in [0, 0.1) is 0 Å². The molecule has 116 valence electrons. The van der Waals surface area contributed by atoms with E-state index in [-0.39, 0.29) is 12.2 Å². The fourth-order valence-corrected chi connectivity index (χ4v) is 2.91. The van der Waals surface area contributed by atoms with Crippen molar-refractivity contribution in [3.05, 3.63) is 70.3 Å². The molecule has 23 heavy (non-hydrogen) atoms. The van der Waals surface area contributed by atoms with E-state index in [0.717, 1.165) is 15.4 Å². The van der Waals surface area contributed by atoms with Gasteiger partial charge in [0.1, 0.15) is 0 Å². The Kier molecular flexibility index (Phi) is 4.30. The van der Waals surface area contributed by atoms with Gasteiger partial charge in [-0.25, -0.2) is 0 Å². The Morgan fingerprint density at radius 3 is 2.48 bits per heavy atom. The normalized spacial score (nSPS) is 12.2. The van der Waals surface area contributed by atoms with E-state index in [4.69, 9.17) is 0 Å². The molecule has 1 aromatic heterocycles. The Labute approximate surface area is 141 Å². The van der Waals surface area contributed by atoms with Gasteiger partial charge in [0.15, 0.2) is 5.78 Å². The third-order valence-electron chi connectivity index (χ3n) is 3.84. The predicted molar refractivity (Wildman–Crippen MR) is 89.1 cm³/mol. The van der Waals surface area contributed by atoms with Gasteiger partial charge in [-0.05, 0) is 23.8 Å². The van der Waals surface area contributed by atoms with Crippen LogP contribution in [0.3, 0.4) is 0 Å². The summed E-state index contributed by atoms with van der Waals surface area (Å²) in [6.45, 7) is 0. The Morgan fingerprint density at radius 1 is 1.09 bits per heavy atom. The van der Waals surface area contributed by atoms with Crippen molar-refractivity contribution >= 4 is 38.6 Å². The molecule has 0 saturated heterocycles. The van der Waals surface area contributed by atoms with E-state index in [0.29, 0.717) is 11.1 Å². The first kappa shape index (κ1) is 15.5. The minimum atomic E-state index is -1.25. The van der Waals surface area contributed by atoms with Crippen molar-refractivity contribution in [1.82, 2.24) is 4.98 Å². The van der Waals surface area contributed by atoms with Crippen molar-refractivity contribution in [1.29, 1.82) is 0 Å². The number of nitrogens with one attached hydrogen (secondary N) is 1. The molecule has 1 heterocycles. The summed E-state index contributed by atoms with van der Waals surface area (Å²) in [6, 6.07) is 14.3. The molecule has 0 bridgehead atoms. The fourth-order valence-electron chi connectivity index (χ4n) is 2.64. The second-order valence-corrected chi connectivity index (χ2v) is 6.21. The maximum absolute atomic E-state index is 12.4. The fraction of sp³-hybridized carbons (Fsp3) is 0.111. The Bertz CT molecular complexity index is 867. The number of hydrogen-bond donors (Lipinski definition) is 1. The Morgan fingerprint density at radius 2 is 1.78 bits per heavy atom. The number of halogens is 1. The van der Waals surface area contributed by atoms with Crippen LogP contribution < -0.4 is 5.11 Å². The summed E-state index contributed by atoms with van der Waals surface area (Å²) in [6.07, 6.45) is 1.51. The van der Waals surface area contributed by atoms with E-state index in [1.54, 1.807) is 30.5 Å². The predicted octanol–water partition coefficient (Wildman–Crippen LogP) is 3.04. The van der Waals surface area contributed by atoms with Gasteiger partial charge in [-0.1, -0.05) is 46.3 Å². The number of carbonyl (C=O) groups excluding carboxylic acids is 2. The van der Waals surface area contributed by atoms with Crippen LogP contribution >= 0.6 is 15.9 Å². The van der Waals surface area contributed by atoms with Gasteiger partial charge in [-0.15, -0.1) is 0 Å². The first-order chi connectivity index (χ1) is 11.1. The number of ketones is 1. The topological polar surface area (TPSA) is 73.0 Å². The van der Waals surface area contributed by atoms with Crippen LogP contribution in [0.25, 0.3) is 10.9 Å². The highest BCUT2D eigenvalue weighted by molar-refractivity contribution is 9.10. The van der Waals surface area contributed by atoms with Gasteiger partial charge in [0.05, 0.1) is 0 Å². The molecule has 3 rings (SSSR count). The van der Waals surface area contributed by atoms with Crippen LogP contribution in [0.2, 0.25) is 0 Å². The van der Waals surface area contributed by atoms with Gasteiger partial charge in [0.25, 0.3) is 0 Å². The molecule has 1 atom stereocenters. The average molecular weight is 371 g/mol. The zero-order valence-electron chi connectivity index (χ0n) is 12.1. The molecule has 3 aromatic rings. The molecule has 0 spiro atoms. The number of para-hydroxylation sites is 1. The largest absolute Gasteiger partial charge is 0.549 e. The van der Waals surface area contributed by atoms with E-state index in [2.05, 4.69) is 20.9 Å². The molecular weight excluding hydrogens is 358 g/mol. The molecule has 0 radical (unpaired) electrons. The summed E-state index contributed by atoms with van der Waals surface area (Å²) < 4.78 is 0.863. The number of aromatic amines is 1. The first-order valence-electron chi connectivity index (χ1n) is 7.12. The summed E-state index contributed by atoms with van der Waals surface area (Å²) in [5.74, 6) is -2.46. The summed E-state index contributed by atoms with van der Waals surface area (Å²) in [5.41, 5.74) is 1.90. The lowest BCUT2D eigenvalue weighted by molar-refractivity contribution is -0.307. The zero-order valence-corrected chi connectivity index (χ0v) is 13.7. The van der Waals surface area contributed by atoms with Crippen LogP contribution in [-0.2, 0) is 4.79 Å². The summed E-state index contributed by atoms with van der Waals surface area (Å²) >= 11 is 3.31. The zero-order chi connectivity index (χ0) is 16.4. The minimum Gasteiger partial charge on any atom is -0.549 e. The minimum absolute atomic E-state index is 0.133. The van der Waals surface area contributed by atoms with Crippen LogP contribution in [0.1, 0.15) is 28.3 Å². The molecule has 0 aliphatic carbocycles. The molecule has 0 aliphatic heterocycles. The quantitative estimate of drug-likeness (QED) is 0.701. The van der Waals surface area contributed by atoms with E-state index in [9.17, 15) is 14.7 Å². The van der Waals surface area contributed by atoms with E-state index in [1.807, 2.05) is 24.3 Å². The van der Waals surface area contributed by atoms with Crippen LogP contribution in [0.5, 0.6) is 0 Å². The van der Waals surface area contributed by atoms with E-state index in [1.165, 1.54) is 0 Å². The first-order valence-corrected chi connectivity index (χ1v) is 7.91. The number of Topliss-reactive ketones (excluding diaryl/α,β-unsaturated/α-hetero) is 1. The van der Waals surface area contributed by atoms with Crippen molar-refractivity contribution in [3.8, 4) is 0 Å². The lowest BCUT2D eigenvalue weighted by atomic mass is 9.91. The summed E-state index contributed by atoms with van der Waals surface area (Å²) in [5, 5.41) is 12.4. The highest BCUT2D eigenvalue weighted by Gasteiger charge is 2.21. The lowest BCUT2D eigenvalue weighted by Crippen LogP contribution is -2.31. The molecule has 5 heteroatoms. The summed E-state index contributed by atoms with van der Waals surface area (Å²) in [4.78, 5) is 27.0. The van der Waals surface area contributed by atoms with Gasteiger partial charge < -0.3 is 14.9 Å². The lowest BCUT2D eigenvalue weighted by Gasteiger charge is -2.17. The Balaban J connectivity index is 1.92. The molecule has 0 aliphatic rings. The van der Waals surface area contributed by atoms with Crippen molar-refractivity contribution in [2.75, 3.05) is 0 Å². The van der Waals surface area contributed by atoms with Gasteiger partial charge in [0.2, 0.25) is 0 Å². The number of hydrogen-bond acceptors (Lipinski definition) is 3. The van der Waals surface area contributed by atoms with Crippen molar-refractivity contribution in [2.45, 2.75) is 12.3 Å². The number of fused-ring (bicyclic) bond motifs is 1. The van der Waals surface area contributed by atoms with Crippen molar-refractivity contribution < 1.29 is 14.7 Å². The van der Waals surface area contributed by atoms with Crippen LogP contribution in [0.15, 0.2) is 59.2 Å². The maximum Gasteiger partial charge on any atom is 0.163 e. The van der Waals surface area contributed by atoms with E-state index >= 15 is 0 Å². The number of carbonyl (C=O) groups is 2. The third kappa shape index (κ3) is 3.19. The Hall–Kier alpha value is -2.40. The number of benzene rings is 2. The number of carboxylic acids is 1. The van der Waals surface area contributed by atoms with Crippen LogP contribution in [-0.4, -0.2) is 16.7 Å². The van der Waals surface area contributed by atoms with Crippen LogP contribution in [0.4, 0.5) is 0 Å². The number of aromatic nitrogens is 1. The van der Waals surface area contributed by atoms with Gasteiger partial charge >= 0.3 is 0 Å². The molecule has 2 aromatic carbocycles. The number of carboxylic acid groups (broad SMARTS) is 1. The van der Waals surface area contributed by atoms with E-state index < -0.39 is 11.9 Å². The standard InChI is InChI=1S/C18H14BrNO3/c19-12-7-5-11(6-8-12)17(21)9-14(18(22)23)15-10-20-16-4-2-1-3-13(15)16/h1-8,10,14,20H,9H2,(H,22,23)/p-1/t14-/m0/s1. The SMILES string of the molecule is O=C(C[C@H](C(=O)[O-])c1c[nH]c2ccccc12)c1ccc(Br)cc1. The molecule has 0 fully saturated rings. The van der Waals surface area contributed by atoms with Crippen molar-refractivity contribution in [3.63, 3.8) is 0 Å². The highest BCUT2D eigenvalue weighted by Crippen LogP contribution is 2.29. The second kappa shape index (κ2) is 6.38. The highest BCUT2D eigenvalue weighted by atomic mass is 79.9. The number of rotatable bonds is 5. The second-order valence-electron chi connectivity index (χ2n) is 5.30. The molecule has 0 unspecified atom stereocenters. The van der Waals surface area contributed by atoms with Gasteiger partial charge in [-0.2, -0.15) is 0 Å². The van der Waals surface area contributed by atoms with Gasteiger partial charge in [0, 0.05) is 45.4 Å². The van der Waals surface area contributed by atoms with Gasteiger partial charge in [-0.3, -0.25) is 4.79 Å². The molecule has 1 N–H and O–H groups in total. The summed E-state index contributed by atoms with van der Waals surface area (Å²) in [7, 11) is 0. The number of H-pyrrole nitrogens is 1. The molecule has 0 saturated carbocycles. The average Bonchev–Trinajstić information content (AvgIpc) is 2.96. The molecular formula is C18H13BrNO3-. The maximum atomic E-state index is 12.4. The molecule has 0 amide bonds. The third-order valence-corrected chi connectivity index (χ3v) is 4.37. The monoisotopic (exact) mass is 370 g/mol. The molecule has 4 nitrogen and oxygen atoms in total. The number of aliphatic carboxylic acids is 1.